The minimum absolute atomic E-state index is 0.0715. The van der Waals surface area contributed by atoms with Crippen molar-refractivity contribution < 1.29 is 4.79 Å². The first kappa shape index (κ1) is 12.9. The zero-order valence-electron chi connectivity index (χ0n) is 10.1. The van der Waals surface area contributed by atoms with E-state index in [1.54, 1.807) is 0 Å². The molecule has 0 saturated heterocycles. The molecule has 2 atom stereocenters. The van der Waals surface area contributed by atoms with Crippen LogP contribution >= 0.6 is 22.6 Å². The summed E-state index contributed by atoms with van der Waals surface area (Å²) in [5.41, 5.74) is 0.773. The van der Waals surface area contributed by atoms with E-state index in [4.69, 9.17) is 0 Å². The predicted molar refractivity (Wildman–Crippen MR) is 78.0 cm³/mol. The molecule has 1 N–H and O–H groups in total. The lowest BCUT2D eigenvalue weighted by atomic mass is 9.86. The van der Waals surface area contributed by atoms with Crippen LogP contribution in [-0.2, 0) is 0 Å². The van der Waals surface area contributed by atoms with Gasteiger partial charge in [0.05, 0.1) is 0 Å². The van der Waals surface area contributed by atoms with Gasteiger partial charge in [-0.1, -0.05) is 25.8 Å². The average molecular weight is 343 g/mol. The molecule has 1 amide bonds. The molecule has 1 fully saturated rings. The number of rotatable bonds is 2. The number of nitrogens with one attached hydrogen (secondary N) is 1. The highest BCUT2D eigenvalue weighted by molar-refractivity contribution is 14.1. The van der Waals surface area contributed by atoms with Gasteiger partial charge in [-0.2, -0.15) is 0 Å². The first-order valence-corrected chi connectivity index (χ1v) is 7.31. The van der Waals surface area contributed by atoms with Gasteiger partial charge in [0.15, 0.2) is 0 Å². The van der Waals surface area contributed by atoms with Gasteiger partial charge < -0.3 is 5.32 Å². The Labute approximate surface area is 116 Å². The van der Waals surface area contributed by atoms with Crippen molar-refractivity contribution in [2.45, 2.75) is 38.6 Å². The van der Waals surface area contributed by atoms with Crippen molar-refractivity contribution in [2.24, 2.45) is 5.92 Å². The van der Waals surface area contributed by atoms with Crippen molar-refractivity contribution in [3.63, 3.8) is 0 Å². The summed E-state index contributed by atoms with van der Waals surface area (Å²) >= 11 is 2.23. The first-order valence-electron chi connectivity index (χ1n) is 6.23. The quantitative estimate of drug-likeness (QED) is 0.817. The summed E-state index contributed by atoms with van der Waals surface area (Å²) in [4.78, 5) is 12.1. The first-order chi connectivity index (χ1) is 8.16. The van der Waals surface area contributed by atoms with Crippen molar-refractivity contribution in [1.82, 2.24) is 5.32 Å². The van der Waals surface area contributed by atoms with Gasteiger partial charge in [-0.3, -0.25) is 4.79 Å². The van der Waals surface area contributed by atoms with E-state index in [2.05, 4.69) is 34.8 Å². The van der Waals surface area contributed by atoms with Crippen LogP contribution in [0.4, 0.5) is 0 Å². The standard InChI is InChI=1S/C14H18INO/c1-10-5-2-3-8-13(10)16-14(17)11-6-4-7-12(15)9-11/h4,6-7,9-10,13H,2-3,5,8H2,1H3,(H,16,17). The van der Waals surface area contributed by atoms with Crippen LogP contribution in [0.2, 0.25) is 0 Å². The minimum Gasteiger partial charge on any atom is -0.349 e. The summed E-state index contributed by atoms with van der Waals surface area (Å²) in [5.74, 6) is 0.678. The lowest BCUT2D eigenvalue weighted by molar-refractivity contribution is 0.0910. The Kier molecular flexibility index (Phi) is 4.42. The molecule has 1 aromatic carbocycles. The molecular formula is C14H18INO. The van der Waals surface area contributed by atoms with Crippen LogP contribution in [0.3, 0.4) is 0 Å². The van der Waals surface area contributed by atoms with Gasteiger partial charge in [-0.05, 0) is 59.5 Å². The third-order valence-electron chi connectivity index (χ3n) is 3.51. The SMILES string of the molecule is CC1CCCCC1NC(=O)c1cccc(I)c1. The second kappa shape index (κ2) is 5.85. The average Bonchev–Trinajstić information content (AvgIpc) is 2.32. The Morgan fingerprint density at radius 3 is 2.82 bits per heavy atom. The number of benzene rings is 1. The van der Waals surface area contributed by atoms with Crippen molar-refractivity contribution >= 4 is 28.5 Å². The minimum atomic E-state index is 0.0715. The Morgan fingerprint density at radius 2 is 2.12 bits per heavy atom. The second-order valence-electron chi connectivity index (χ2n) is 4.85. The summed E-state index contributed by atoms with van der Waals surface area (Å²) in [6, 6.07) is 8.10. The van der Waals surface area contributed by atoms with Crippen LogP contribution in [0, 0.1) is 9.49 Å². The molecule has 17 heavy (non-hydrogen) atoms. The molecule has 0 heterocycles. The third kappa shape index (κ3) is 3.44. The van der Waals surface area contributed by atoms with Gasteiger partial charge >= 0.3 is 0 Å². The fraction of sp³-hybridized carbons (Fsp3) is 0.500. The smallest absolute Gasteiger partial charge is 0.251 e. The maximum Gasteiger partial charge on any atom is 0.251 e. The Morgan fingerprint density at radius 1 is 1.35 bits per heavy atom. The van der Waals surface area contributed by atoms with Crippen molar-refractivity contribution in [1.29, 1.82) is 0 Å². The van der Waals surface area contributed by atoms with Crippen molar-refractivity contribution in [3.05, 3.63) is 33.4 Å². The normalized spacial score (nSPS) is 24.4. The highest BCUT2D eigenvalue weighted by Gasteiger charge is 2.23. The van der Waals surface area contributed by atoms with Gasteiger partial charge in [0.25, 0.3) is 5.91 Å². The van der Waals surface area contributed by atoms with Crippen LogP contribution in [0.1, 0.15) is 43.0 Å². The molecular weight excluding hydrogens is 325 g/mol. The number of carbonyl (C=O) groups excluding carboxylic acids is 1. The molecule has 1 aliphatic rings. The molecule has 2 unspecified atom stereocenters. The van der Waals surface area contributed by atoms with E-state index in [0.717, 1.165) is 15.6 Å². The lowest BCUT2D eigenvalue weighted by Gasteiger charge is -2.29. The molecule has 0 aliphatic heterocycles. The van der Waals surface area contributed by atoms with E-state index in [-0.39, 0.29) is 5.91 Å². The number of amides is 1. The monoisotopic (exact) mass is 343 g/mol. The van der Waals surface area contributed by atoms with E-state index in [9.17, 15) is 4.79 Å². The predicted octanol–water partition coefficient (Wildman–Crippen LogP) is 3.60. The topological polar surface area (TPSA) is 29.1 Å². The molecule has 3 heteroatoms. The highest BCUT2D eigenvalue weighted by atomic mass is 127. The fourth-order valence-corrected chi connectivity index (χ4v) is 2.96. The van der Waals surface area contributed by atoms with Crippen molar-refractivity contribution in [3.8, 4) is 0 Å². The maximum absolute atomic E-state index is 12.1. The summed E-state index contributed by atoms with van der Waals surface area (Å²) in [7, 11) is 0. The fourth-order valence-electron chi connectivity index (χ4n) is 2.41. The van der Waals surface area contributed by atoms with Crippen LogP contribution < -0.4 is 5.32 Å². The molecule has 1 aromatic rings. The van der Waals surface area contributed by atoms with Gasteiger partial charge in [-0.15, -0.1) is 0 Å². The van der Waals surface area contributed by atoms with Crippen LogP contribution in [0.15, 0.2) is 24.3 Å². The van der Waals surface area contributed by atoms with Crippen LogP contribution in [0.5, 0.6) is 0 Å². The number of hydrogen-bond acceptors (Lipinski definition) is 1. The van der Waals surface area contributed by atoms with Crippen LogP contribution in [0.25, 0.3) is 0 Å². The number of hydrogen-bond donors (Lipinski definition) is 1. The third-order valence-corrected chi connectivity index (χ3v) is 4.19. The Balaban J connectivity index is 2.01. The molecule has 1 aliphatic carbocycles. The van der Waals surface area contributed by atoms with E-state index >= 15 is 0 Å². The summed E-state index contributed by atoms with van der Waals surface area (Å²) < 4.78 is 1.10. The van der Waals surface area contributed by atoms with E-state index < -0.39 is 0 Å². The molecule has 0 radical (unpaired) electrons. The van der Waals surface area contributed by atoms with E-state index in [1.807, 2.05) is 24.3 Å². The van der Waals surface area contributed by atoms with Crippen molar-refractivity contribution in [2.75, 3.05) is 0 Å². The molecule has 0 aromatic heterocycles. The van der Waals surface area contributed by atoms with Crippen LogP contribution in [-0.4, -0.2) is 11.9 Å². The molecule has 1 saturated carbocycles. The molecule has 0 spiro atoms. The summed E-state index contributed by atoms with van der Waals surface area (Å²) in [6.45, 7) is 2.23. The molecule has 0 bridgehead atoms. The highest BCUT2D eigenvalue weighted by Crippen LogP contribution is 2.24. The second-order valence-corrected chi connectivity index (χ2v) is 6.10. The van der Waals surface area contributed by atoms with Gasteiger partial charge in [0, 0.05) is 15.2 Å². The Bertz CT molecular complexity index is 405. The number of carbonyl (C=O) groups is 1. The largest absolute Gasteiger partial charge is 0.349 e. The zero-order valence-corrected chi connectivity index (χ0v) is 12.2. The molecule has 92 valence electrons. The zero-order chi connectivity index (χ0) is 12.3. The van der Waals surface area contributed by atoms with E-state index in [1.165, 1.54) is 19.3 Å². The molecule has 2 rings (SSSR count). The summed E-state index contributed by atoms with van der Waals surface area (Å²) in [6.07, 6.45) is 4.90. The Hall–Kier alpha value is -0.580. The van der Waals surface area contributed by atoms with Gasteiger partial charge in [-0.25, -0.2) is 0 Å². The molecule has 2 nitrogen and oxygen atoms in total. The lowest BCUT2D eigenvalue weighted by Crippen LogP contribution is -2.41. The summed E-state index contributed by atoms with van der Waals surface area (Å²) in [5, 5.41) is 3.17. The van der Waals surface area contributed by atoms with Gasteiger partial charge in [0.2, 0.25) is 0 Å². The van der Waals surface area contributed by atoms with E-state index in [0.29, 0.717) is 12.0 Å². The van der Waals surface area contributed by atoms with Gasteiger partial charge in [0.1, 0.15) is 0 Å². The number of halogens is 1. The maximum atomic E-state index is 12.1.